The molecule has 5 heteroatoms. The minimum atomic E-state index is -0.472. The largest absolute Gasteiger partial charge is 0.405 e. The maximum Gasteiger partial charge on any atom is 0.309 e. The normalized spacial score (nSPS) is 10.3. The number of esters is 1. The van der Waals surface area contributed by atoms with Gasteiger partial charge in [-0.25, -0.2) is 4.98 Å². The van der Waals surface area contributed by atoms with Crippen molar-refractivity contribution < 1.29 is 9.53 Å². The Morgan fingerprint density at radius 1 is 0.870 bits per heavy atom. The highest BCUT2D eigenvalue weighted by Gasteiger charge is 2.17. The predicted molar refractivity (Wildman–Crippen MR) is 89.2 cm³/mol. The third-order valence-corrected chi connectivity index (χ3v) is 3.42. The van der Waals surface area contributed by atoms with Crippen LogP contribution in [-0.4, -0.2) is 15.9 Å². The van der Waals surface area contributed by atoms with Gasteiger partial charge in [-0.1, -0.05) is 72.3 Å². The Morgan fingerprint density at radius 3 is 1.91 bits per heavy atom. The summed E-state index contributed by atoms with van der Waals surface area (Å²) in [6, 6.07) is 18.9. The zero-order valence-corrected chi connectivity index (χ0v) is 13.1. The molecule has 1 heterocycles. The molecular weight excluding hydrogens is 312 g/mol. The van der Waals surface area contributed by atoms with Crippen LogP contribution in [0.3, 0.4) is 0 Å². The van der Waals surface area contributed by atoms with Crippen molar-refractivity contribution in [3.05, 3.63) is 65.8 Å². The first-order chi connectivity index (χ1) is 11.1. The van der Waals surface area contributed by atoms with Crippen LogP contribution in [0.1, 0.15) is 6.92 Å². The quantitative estimate of drug-likeness (QED) is 0.670. The molecule has 0 spiro atoms. The molecule has 0 bridgehead atoms. The molecule has 0 amide bonds. The molecule has 2 aromatic carbocycles. The summed E-state index contributed by atoms with van der Waals surface area (Å²) in [4.78, 5) is 20.1. The topological polar surface area (TPSA) is 52.1 Å². The lowest BCUT2D eigenvalue weighted by molar-refractivity contribution is -0.132. The van der Waals surface area contributed by atoms with Crippen LogP contribution >= 0.6 is 11.6 Å². The van der Waals surface area contributed by atoms with Crippen LogP contribution in [0.5, 0.6) is 5.88 Å². The molecule has 0 aliphatic heterocycles. The van der Waals surface area contributed by atoms with Crippen molar-refractivity contribution in [1.29, 1.82) is 0 Å². The molecule has 0 unspecified atom stereocenters. The minimum Gasteiger partial charge on any atom is -0.405 e. The van der Waals surface area contributed by atoms with E-state index in [-0.39, 0.29) is 11.0 Å². The van der Waals surface area contributed by atoms with Gasteiger partial charge in [0.25, 0.3) is 5.88 Å². The van der Waals surface area contributed by atoms with E-state index in [1.54, 1.807) is 0 Å². The number of hydrogen-bond acceptors (Lipinski definition) is 4. The Hall–Kier alpha value is -2.72. The SMILES string of the molecule is CC(=O)Oc1nc(Cl)c(-c2ccccc2)nc1-c1ccccc1. The predicted octanol–water partition coefficient (Wildman–Crippen LogP) is 4.39. The number of carbonyl (C=O) groups excluding carboxylic acids is 1. The molecule has 0 aliphatic rings. The Bertz CT molecular complexity index is 836. The number of rotatable bonds is 3. The van der Waals surface area contributed by atoms with Gasteiger partial charge in [-0.2, -0.15) is 4.98 Å². The standard InChI is InChI=1S/C18H13ClN2O2/c1-12(22)23-18-16(14-10-6-3-7-11-14)20-15(17(19)21-18)13-8-4-2-5-9-13/h2-11H,1H3. The Labute approximate surface area is 138 Å². The smallest absolute Gasteiger partial charge is 0.309 e. The molecule has 114 valence electrons. The summed E-state index contributed by atoms with van der Waals surface area (Å²) in [5.74, 6) is -0.367. The van der Waals surface area contributed by atoms with Crippen LogP contribution in [0.4, 0.5) is 0 Å². The zero-order valence-electron chi connectivity index (χ0n) is 12.4. The van der Waals surface area contributed by atoms with Crippen LogP contribution < -0.4 is 4.74 Å². The van der Waals surface area contributed by atoms with Gasteiger partial charge in [-0.15, -0.1) is 0 Å². The lowest BCUT2D eigenvalue weighted by Gasteiger charge is -2.11. The number of aromatic nitrogens is 2. The second-order valence-corrected chi connectivity index (χ2v) is 5.20. The van der Waals surface area contributed by atoms with Crippen molar-refractivity contribution in [1.82, 2.24) is 9.97 Å². The molecule has 0 fully saturated rings. The first kappa shape index (κ1) is 15.2. The Morgan fingerprint density at radius 2 is 1.39 bits per heavy atom. The monoisotopic (exact) mass is 324 g/mol. The van der Waals surface area contributed by atoms with E-state index < -0.39 is 5.97 Å². The highest BCUT2D eigenvalue weighted by atomic mass is 35.5. The van der Waals surface area contributed by atoms with Crippen molar-refractivity contribution in [2.45, 2.75) is 6.92 Å². The summed E-state index contributed by atoms with van der Waals surface area (Å²) in [7, 11) is 0. The van der Waals surface area contributed by atoms with Crippen LogP contribution in [0.25, 0.3) is 22.5 Å². The summed E-state index contributed by atoms with van der Waals surface area (Å²) in [5, 5.41) is 0.187. The molecule has 0 saturated heterocycles. The van der Waals surface area contributed by atoms with E-state index in [1.807, 2.05) is 60.7 Å². The van der Waals surface area contributed by atoms with E-state index >= 15 is 0 Å². The Balaban J connectivity index is 2.20. The molecule has 0 radical (unpaired) electrons. The van der Waals surface area contributed by atoms with Gasteiger partial charge < -0.3 is 4.74 Å². The van der Waals surface area contributed by atoms with Gasteiger partial charge >= 0.3 is 5.97 Å². The van der Waals surface area contributed by atoms with Gasteiger partial charge in [0, 0.05) is 18.1 Å². The highest BCUT2D eigenvalue weighted by molar-refractivity contribution is 6.32. The van der Waals surface area contributed by atoms with Crippen molar-refractivity contribution >= 4 is 17.6 Å². The fourth-order valence-electron chi connectivity index (χ4n) is 2.17. The molecule has 1 aromatic heterocycles. The van der Waals surface area contributed by atoms with Gasteiger partial charge in [0.15, 0.2) is 5.15 Å². The van der Waals surface area contributed by atoms with Gasteiger partial charge in [-0.05, 0) is 0 Å². The van der Waals surface area contributed by atoms with E-state index in [4.69, 9.17) is 16.3 Å². The summed E-state index contributed by atoms with van der Waals surface area (Å²) < 4.78 is 5.17. The number of hydrogen-bond donors (Lipinski definition) is 0. The van der Waals surface area contributed by atoms with Gasteiger partial charge in [0.1, 0.15) is 11.4 Å². The van der Waals surface area contributed by atoms with Crippen LogP contribution in [0.2, 0.25) is 5.15 Å². The fraction of sp³-hybridized carbons (Fsp3) is 0.0556. The lowest BCUT2D eigenvalue weighted by atomic mass is 10.1. The van der Waals surface area contributed by atoms with E-state index in [0.717, 1.165) is 11.1 Å². The van der Waals surface area contributed by atoms with Gasteiger partial charge in [0.2, 0.25) is 0 Å². The third-order valence-electron chi connectivity index (χ3n) is 3.16. The molecule has 23 heavy (non-hydrogen) atoms. The maximum absolute atomic E-state index is 11.3. The highest BCUT2D eigenvalue weighted by Crippen LogP contribution is 2.33. The number of benzene rings is 2. The van der Waals surface area contributed by atoms with Crippen molar-refractivity contribution in [2.24, 2.45) is 0 Å². The van der Waals surface area contributed by atoms with E-state index in [2.05, 4.69) is 9.97 Å². The zero-order chi connectivity index (χ0) is 16.2. The van der Waals surface area contributed by atoms with Crippen molar-refractivity contribution in [3.8, 4) is 28.4 Å². The molecule has 0 saturated carbocycles. The van der Waals surface area contributed by atoms with Gasteiger partial charge in [0.05, 0.1) is 0 Å². The molecular formula is C18H13ClN2O2. The number of ether oxygens (including phenoxy) is 1. The first-order valence-corrected chi connectivity index (χ1v) is 7.40. The third kappa shape index (κ3) is 3.38. The summed E-state index contributed by atoms with van der Waals surface area (Å²) >= 11 is 6.24. The Kier molecular flexibility index (Phi) is 4.35. The average Bonchev–Trinajstić information content (AvgIpc) is 2.56. The first-order valence-electron chi connectivity index (χ1n) is 7.02. The molecule has 3 rings (SSSR count). The fourth-order valence-corrected chi connectivity index (χ4v) is 2.40. The van der Waals surface area contributed by atoms with E-state index in [9.17, 15) is 4.79 Å². The number of halogens is 1. The molecule has 0 atom stereocenters. The number of nitrogens with zero attached hydrogens (tertiary/aromatic N) is 2. The maximum atomic E-state index is 11.3. The summed E-state index contributed by atoms with van der Waals surface area (Å²) in [6.45, 7) is 1.31. The second kappa shape index (κ2) is 6.58. The van der Waals surface area contributed by atoms with Crippen molar-refractivity contribution in [2.75, 3.05) is 0 Å². The van der Waals surface area contributed by atoms with Crippen molar-refractivity contribution in [3.63, 3.8) is 0 Å². The lowest BCUT2D eigenvalue weighted by Crippen LogP contribution is -2.07. The summed E-state index contributed by atoms with van der Waals surface area (Å²) in [6.07, 6.45) is 0. The summed E-state index contributed by atoms with van der Waals surface area (Å²) in [5.41, 5.74) is 2.66. The van der Waals surface area contributed by atoms with Crippen LogP contribution in [0.15, 0.2) is 60.7 Å². The molecule has 0 N–H and O–H groups in total. The molecule has 3 aromatic rings. The minimum absolute atomic E-state index is 0.105. The van der Waals surface area contributed by atoms with Crippen LogP contribution in [-0.2, 0) is 4.79 Å². The van der Waals surface area contributed by atoms with Crippen LogP contribution in [0, 0.1) is 0 Å². The van der Waals surface area contributed by atoms with Gasteiger partial charge in [-0.3, -0.25) is 4.79 Å². The average molecular weight is 325 g/mol. The molecule has 0 aliphatic carbocycles. The second-order valence-electron chi connectivity index (χ2n) is 4.84. The van der Waals surface area contributed by atoms with E-state index in [1.165, 1.54) is 6.92 Å². The van der Waals surface area contributed by atoms with E-state index in [0.29, 0.717) is 11.4 Å². The number of carbonyl (C=O) groups is 1. The molecule has 4 nitrogen and oxygen atoms in total.